The van der Waals surface area contributed by atoms with Crippen molar-refractivity contribution in [3.8, 4) is 11.5 Å². The molecule has 0 spiro atoms. The predicted octanol–water partition coefficient (Wildman–Crippen LogP) is 4.08. The maximum atomic E-state index is 12.1. The average molecular weight is 565 g/mol. The quantitative estimate of drug-likeness (QED) is 0.131. The Bertz CT molecular complexity index is 890. The molecule has 1 aromatic carbocycles. The summed E-state index contributed by atoms with van der Waals surface area (Å²) >= 11 is 0. The molecule has 1 aliphatic heterocycles. The zero-order valence-electron chi connectivity index (χ0n) is 21.5. The maximum Gasteiger partial charge on any atom is 0 e. The van der Waals surface area contributed by atoms with E-state index in [-0.39, 0.29) is 42.2 Å². The molecule has 1 fully saturated rings. The van der Waals surface area contributed by atoms with Gasteiger partial charge in [-0.15, -0.1) is 13.2 Å². The molecule has 3 rings (SSSR count). The van der Waals surface area contributed by atoms with Gasteiger partial charge >= 0.3 is 39.9 Å². The van der Waals surface area contributed by atoms with Crippen LogP contribution in [0.2, 0.25) is 0 Å². The van der Waals surface area contributed by atoms with E-state index < -0.39 is 0 Å². The molecule has 0 amide bonds. The van der Waals surface area contributed by atoms with Crippen molar-refractivity contribution in [3.05, 3.63) is 93.4 Å². The molecule has 9 nitrogen and oxygen atoms in total. The van der Waals surface area contributed by atoms with Crippen molar-refractivity contribution < 1.29 is 54.8 Å². The van der Waals surface area contributed by atoms with Crippen LogP contribution in [0.4, 0.5) is 0 Å². The van der Waals surface area contributed by atoms with Gasteiger partial charge in [-0.3, -0.25) is 9.69 Å². The number of nitrogens with zero attached hydrogens (tertiary/aromatic N) is 1. The number of hydrogen-bond donors (Lipinski definition) is 0. The van der Waals surface area contributed by atoms with Crippen molar-refractivity contribution in [2.24, 2.45) is 0 Å². The summed E-state index contributed by atoms with van der Waals surface area (Å²) < 4.78 is 44.4. The van der Waals surface area contributed by atoms with Crippen molar-refractivity contribution in [2.75, 3.05) is 33.6 Å². The van der Waals surface area contributed by atoms with Crippen LogP contribution in [0.5, 0.6) is 11.5 Å². The van der Waals surface area contributed by atoms with E-state index in [4.69, 9.17) is 32.9 Å². The number of fused-ring (bicyclic) bond motifs is 1. The number of ether oxygens (including phenoxy) is 4. The summed E-state index contributed by atoms with van der Waals surface area (Å²) in [5.74, 6) is 2.29. The minimum Gasteiger partial charge on any atom is 0 e. The fourth-order valence-electron chi connectivity index (χ4n) is 4.02. The summed E-state index contributed by atoms with van der Waals surface area (Å²) in [7, 11) is 1.62. The van der Waals surface area contributed by atoms with Crippen molar-refractivity contribution >= 4 is 5.97 Å². The zero-order chi connectivity index (χ0) is 28.2. The van der Waals surface area contributed by atoms with E-state index in [1.807, 2.05) is 25.5 Å². The van der Waals surface area contributed by atoms with Crippen LogP contribution in [0.1, 0.15) is 36.8 Å². The van der Waals surface area contributed by atoms with Crippen molar-refractivity contribution in [1.82, 2.24) is 4.90 Å². The molecule has 1 atom stereocenters. The van der Waals surface area contributed by atoms with Crippen LogP contribution in [0.25, 0.3) is 0 Å². The Morgan fingerprint density at radius 1 is 1.11 bits per heavy atom. The van der Waals surface area contributed by atoms with Gasteiger partial charge in [-0.05, 0) is 48.9 Å². The Morgan fingerprint density at radius 3 is 2.21 bits per heavy atom. The predicted molar refractivity (Wildman–Crippen MR) is 131 cm³/mol. The molecule has 0 saturated heterocycles. The molecule has 0 aromatic heterocycles. The molecule has 0 N–H and O–H groups in total. The van der Waals surface area contributed by atoms with Crippen molar-refractivity contribution in [2.45, 2.75) is 32.2 Å². The van der Waals surface area contributed by atoms with E-state index >= 15 is 0 Å². The number of benzene rings is 1. The Hall–Kier alpha value is -2.57. The van der Waals surface area contributed by atoms with Crippen LogP contribution in [0, 0.1) is 44.8 Å². The largest absolute Gasteiger partial charge is 0 e. The Kier molecular flexibility index (Phi) is 22.2. The second-order valence-electron chi connectivity index (χ2n) is 7.50. The SMILES string of the molecule is C=CCN(CC=C)Cc1cc2c(cc1C1[CH][CH][C](OC)[C](CC(=O)OCC)C1)OCO2.[C-]#[O+].[C-]#[O+].[C-]#[O+].[Fe]. The van der Waals surface area contributed by atoms with Crippen LogP contribution in [0.15, 0.2) is 37.4 Å². The van der Waals surface area contributed by atoms with E-state index in [0.717, 1.165) is 54.3 Å². The van der Waals surface area contributed by atoms with E-state index in [1.54, 1.807) is 7.11 Å². The molecule has 1 unspecified atom stereocenters. The van der Waals surface area contributed by atoms with E-state index in [0.29, 0.717) is 13.0 Å². The van der Waals surface area contributed by atoms with Crippen molar-refractivity contribution in [1.29, 1.82) is 0 Å². The molecule has 10 heteroatoms. The van der Waals surface area contributed by atoms with Gasteiger partial charge in [0.25, 0.3) is 0 Å². The number of methoxy groups -OCH3 is 1. The first-order chi connectivity index (χ1) is 18.1. The molecule has 1 heterocycles. The molecule has 2 aliphatic rings. The second-order valence-corrected chi connectivity index (χ2v) is 7.50. The fraction of sp³-hybridized carbons (Fsp3) is 0.357. The van der Waals surface area contributed by atoms with Gasteiger partial charge in [0, 0.05) is 56.2 Å². The third-order valence-corrected chi connectivity index (χ3v) is 5.38. The monoisotopic (exact) mass is 565 g/mol. The van der Waals surface area contributed by atoms with Crippen LogP contribution < -0.4 is 9.47 Å². The zero-order valence-corrected chi connectivity index (χ0v) is 22.6. The van der Waals surface area contributed by atoms with Gasteiger partial charge in [0.15, 0.2) is 11.5 Å². The van der Waals surface area contributed by atoms with Gasteiger partial charge in [-0.25, -0.2) is 0 Å². The number of carbonyl (C=O) groups excluding carboxylic acids is 1. The third-order valence-electron chi connectivity index (χ3n) is 5.38. The molecule has 1 saturated carbocycles. The fourth-order valence-corrected chi connectivity index (χ4v) is 4.02. The molecular formula is C28H31FeNO8. The van der Waals surface area contributed by atoms with Gasteiger partial charge in [0.05, 0.1) is 13.0 Å². The van der Waals surface area contributed by atoms with Crippen LogP contribution >= 0.6 is 0 Å². The summed E-state index contributed by atoms with van der Waals surface area (Å²) in [5.41, 5.74) is 2.30. The van der Waals surface area contributed by atoms with Gasteiger partial charge in [-0.1, -0.05) is 12.2 Å². The first-order valence-electron chi connectivity index (χ1n) is 11.2. The molecule has 1 aliphatic carbocycles. The van der Waals surface area contributed by atoms with Crippen LogP contribution in [-0.4, -0.2) is 44.5 Å². The van der Waals surface area contributed by atoms with E-state index in [9.17, 15) is 4.79 Å². The van der Waals surface area contributed by atoms with E-state index in [2.05, 4.69) is 56.6 Å². The minimum absolute atomic E-state index is 0. The standard InChI is InChI=1S/C25H31NO5.3CO.Fe/c1-5-10-26(11-6-2)16-20-13-23-24(31-17-30-23)15-21(20)18-8-9-22(28-4)19(12-18)14-25(27)29-7-3;3*1-2;/h5-6,8-9,13,15,18H,1-2,7,10-12,14,16-17H2,3-4H3;;;;. The number of carbonyl (C=O) groups is 1. The Morgan fingerprint density at radius 2 is 1.68 bits per heavy atom. The second kappa shape index (κ2) is 22.4. The topological polar surface area (TPSA) is 117 Å². The molecule has 4 radical (unpaired) electrons. The number of esters is 1. The molecule has 204 valence electrons. The van der Waals surface area contributed by atoms with Crippen LogP contribution in [0.3, 0.4) is 0 Å². The van der Waals surface area contributed by atoms with Gasteiger partial charge in [0.2, 0.25) is 6.79 Å². The maximum absolute atomic E-state index is 12.1. The molecular weight excluding hydrogens is 534 g/mol. The molecule has 38 heavy (non-hydrogen) atoms. The summed E-state index contributed by atoms with van der Waals surface area (Å²) in [6.07, 6.45) is 9.47. The van der Waals surface area contributed by atoms with E-state index in [1.165, 1.54) is 0 Å². The van der Waals surface area contributed by atoms with Crippen LogP contribution in [-0.2, 0) is 51.8 Å². The summed E-state index contributed by atoms with van der Waals surface area (Å²) in [5, 5.41) is 0. The van der Waals surface area contributed by atoms with Gasteiger partial charge < -0.3 is 18.9 Å². The van der Waals surface area contributed by atoms with Gasteiger partial charge in [0.1, 0.15) is 6.10 Å². The number of hydrogen-bond acceptors (Lipinski definition) is 6. The summed E-state index contributed by atoms with van der Waals surface area (Å²) in [6.45, 7) is 25.9. The van der Waals surface area contributed by atoms with Crippen molar-refractivity contribution in [3.63, 3.8) is 0 Å². The molecule has 0 bridgehead atoms. The summed E-state index contributed by atoms with van der Waals surface area (Å²) in [6, 6.07) is 4.12. The average Bonchev–Trinajstić information content (AvgIpc) is 3.39. The molecule has 1 aromatic rings. The summed E-state index contributed by atoms with van der Waals surface area (Å²) in [4.78, 5) is 14.4. The first-order valence-corrected chi connectivity index (χ1v) is 11.2. The first kappa shape index (κ1) is 37.6. The Labute approximate surface area is 236 Å². The normalized spacial score (nSPS) is 15.6. The number of rotatable bonds is 11. The van der Waals surface area contributed by atoms with Gasteiger partial charge in [-0.2, -0.15) is 0 Å². The third kappa shape index (κ3) is 11.4. The Balaban J connectivity index is 0. The smallest absolute Gasteiger partial charge is 0 e. The minimum atomic E-state index is -0.241.